The summed E-state index contributed by atoms with van der Waals surface area (Å²) in [5, 5.41) is 5.06. The van der Waals surface area contributed by atoms with Crippen molar-refractivity contribution in [2.75, 3.05) is 6.26 Å². The number of nitrogens with zero attached hydrogens (tertiary/aromatic N) is 3. The SMILES string of the molecule is CS(=O)(=O)c1ccccc1-n1nc(COCc2ccccc2)nc1-c1sc2cccc(F)c2c1Cl. The van der Waals surface area contributed by atoms with Crippen LogP contribution in [0.4, 0.5) is 4.39 Å². The van der Waals surface area contributed by atoms with Gasteiger partial charge in [0.05, 0.1) is 27.1 Å². The Morgan fingerprint density at radius 2 is 1.74 bits per heavy atom. The number of rotatable bonds is 7. The highest BCUT2D eigenvalue weighted by Crippen LogP contribution is 2.43. The van der Waals surface area contributed by atoms with E-state index in [0.29, 0.717) is 38.9 Å². The second-order valence-corrected chi connectivity index (χ2v) is 11.3. The third-order valence-electron chi connectivity index (χ3n) is 5.30. The zero-order valence-electron chi connectivity index (χ0n) is 18.5. The molecule has 0 aliphatic rings. The molecule has 0 atom stereocenters. The standard InChI is InChI=1S/C25H19ClFN3O3S2/c1-35(31,32)20-13-6-5-11-18(20)30-25(24-23(26)22-17(27)10-7-12-19(22)34-24)28-21(29-30)15-33-14-16-8-3-2-4-9-16/h2-13H,14-15H2,1H3. The zero-order chi connectivity index (χ0) is 24.6. The van der Waals surface area contributed by atoms with Crippen LogP contribution < -0.4 is 0 Å². The molecule has 10 heteroatoms. The summed E-state index contributed by atoms with van der Waals surface area (Å²) in [6, 6.07) is 20.9. The number of thiophene rings is 1. The van der Waals surface area contributed by atoms with Crippen LogP contribution in [-0.4, -0.2) is 29.4 Å². The Morgan fingerprint density at radius 1 is 1.00 bits per heavy atom. The van der Waals surface area contributed by atoms with Gasteiger partial charge < -0.3 is 4.74 Å². The molecular weight excluding hydrogens is 509 g/mol. The summed E-state index contributed by atoms with van der Waals surface area (Å²) in [5.74, 6) is 0.210. The molecule has 0 bridgehead atoms. The van der Waals surface area contributed by atoms with Crippen LogP contribution >= 0.6 is 22.9 Å². The minimum absolute atomic E-state index is 0.0892. The first kappa shape index (κ1) is 23.6. The van der Waals surface area contributed by atoms with E-state index in [9.17, 15) is 12.8 Å². The lowest BCUT2D eigenvalue weighted by Crippen LogP contribution is -2.07. The fourth-order valence-electron chi connectivity index (χ4n) is 3.73. The van der Waals surface area contributed by atoms with Crippen molar-refractivity contribution in [1.82, 2.24) is 14.8 Å². The van der Waals surface area contributed by atoms with Gasteiger partial charge in [-0.3, -0.25) is 0 Å². The Hall–Kier alpha value is -3.11. The Labute approximate surface area is 210 Å². The first-order valence-corrected chi connectivity index (χ1v) is 13.7. The van der Waals surface area contributed by atoms with E-state index in [-0.39, 0.29) is 16.5 Å². The molecule has 0 unspecified atom stereocenters. The molecule has 178 valence electrons. The van der Waals surface area contributed by atoms with Crippen LogP contribution in [0.25, 0.3) is 26.5 Å². The summed E-state index contributed by atoms with van der Waals surface area (Å²) in [7, 11) is -3.58. The number of benzene rings is 3. The fourth-order valence-corrected chi connectivity index (χ4v) is 6.12. The Morgan fingerprint density at radius 3 is 2.49 bits per heavy atom. The average molecular weight is 528 g/mol. The van der Waals surface area contributed by atoms with Crippen molar-refractivity contribution in [2.45, 2.75) is 18.1 Å². The maximum atomic E-state index is 14.5. The van der Waals surface area contributed by atoms with Gasteiger partial charge in [-0.05, 0) is 29.8 Å². The number of sulfone groups is 1. The van der Waals surface area contributed by atoms with E-state index >= 15 is 0 Å². The molecule has 0 spiro atoms. The highest BCUT2D eigenvalue weighted by Gasteiger charge is 2.24. The Balaban J connectivity index is 1.62. The number of aromatic nitrogens is 3. The number of para-hydroxylation sites is 1. The molecule has 6 nitrogen and oxygen atoms in total. The molecule has 0 aliphatic heterocycles. The molecule has 35 heavy (non-hydrogen) atoms. The normalized spacial score (nSPS) is 11.9. The number of hydrogen-bond donors (Lipinski definition) is 0. The minimum Gasteiger partial charge on any atom is -0.369 e. The quantitative estimate of drug-likeness (QED) is 0.257. The predicted octanol–water partition coefficient (Wildman–Crippen LogP) is 6.06. The molecule has 5 aromatic rings. The van der Waals surface area contributed by atoms with E-state index < -0.39 is 15.7 Å². The highest BCUT2D eigenvalue weighted by atomic mass is 35.5. The molecule has 3 aromatic carbocycles. The maximum absolute atomic E-state index is 14.5. The van der Waals surface area contributed by atoms with Gasteiger partial charge in [0.25, 0.3) is 0 Å². The monoisotopic (exact) mass is 527 g/mol. The van der Waals surface area contributed by atoms with Crippen LogP contribution in [-0.2, 0) is 27.8 Å². The summed E-state index contributed by atoms with van der Waals surface area (Å²) < 4.78 is 47.4. The van der Waals surface area contributed by atoms with Gasteiger partial charge in [0, 0.05) is 16.3 Å². The molecular formula is C25H19ClFN3O3S2. The van der Waals surface area contributed by atoms with E-state index in [1.165, 1.54) is 28.2 Å². The lowest BCUT2D eigenvalue weighted by molar-refractivity contribution is 0.102. The number of ether oxygens (including phenoxy) is 1. The van der Waals surface area contributed by atoms with E-state index in [4.69, 9.17) is 16.3 Å². The van der Waals surface area contributed by atoms with Gasteiger partial charge in [0.1, 0.15) is 12.4 Å². The van der Waals surface area contributed by atoms with E-state index in [2.05, 4.69) is 10.1 Å². The maximum Gasteiger partial charge on any atom is 0.177 e. The van der Waals surface area contributed by atoms with Crippen molar-refractivity contribution in [1.29, 1.82) is 0 Å². The van der Waals surface area contributed by atoms with Crippen molar-refractivity contribution in [3.8, 4) is 16.4 Å². The van der Waals surface area contributed by atoms with Crippen molar-refractivity contribution in [3.05, 3.63) is 95.0 Å². The highest BCUT2D eigenvalue weighted by molar-refractivity contribution is 7.90. The van der Waals surface area contributed by atoms with Gasteiger partial charge >= 0.3 is 0 Å². The summed E-state index contributed by atoms with van der Waals surface area (Å²) in [6.07, 6.45) is 1.13. The van der Waals surface area contributed by atoms with Crippen LogP contribution in [0.3, 0.4) is 0 Å². The van der Waals surface area contributed by atoms with Gasteiger partial charge in [-0.1, -0.05) is 60.1 Å². The van der Waals surface area contributed by atoms with Crippen molar-refractivity contribution in [2.24, 2.45) is 0 Å². The third kappa shape index (κ3) is 4.72. The molecule has 0 saturated carbocycles. The third-order valence-corrected chi connectivity index (χ3v) is 8.08. The Kier molecular flexibility index (Phi) is 6.41. The number of halogens is 2. The van der Waals surface area contributed by atoms with Crippen LogP contribution in [0.1, 0.15) is 11.4 Å². The lowest BCUT2D eigenvalue weighted by Gasteiger charge is -2.09. The molecule has 2 aromatic heterocycles. The number of fused-ring (bicyclic) bond motifs is 1. The molecule has 0 fully saturated rings. The molecule has 0 radical (unpaired) electrons. The lowest BCUT2D eigenvalue weighted by atomic mass is 10.2. The minimum atomic E-state index is -3.58. The Bertz CT molecular complexity index is 1630. The molecule has 0 aliphatic carbocycles. The second kappa shape index (κ2) is 9.50. The van der Waals surface area contributed by atoms with E-state index in [0.717, 1.165) is 11.8 Å². The van der Waals surface area contributed by atoms with Gasteiger partial charge in [-0.15, -0.1) is 16.4 Å². The average Bonchev–Trinajstić information content (AvgIpc) is 3.41. The molecule has 0 amide bonds. The van der Waals surface area contributed by atoms with Crippen LogP contribution in [0.5, 0.6) is 0 Å². The topological polar surface area (TPSA) is 74.1 Å². The number of hydrogen-bond acceptors (Lipinski definition) is 6. The molecule has 0 N–H and O–H groups in total. The van der Waals surface area contributed by atoms with E-state index in [1.54, 1.807) is 30.3 Å². The van der Waals surface area contributed by atoms with Crippen molar-refractivity contribution < 1.29 is 17.5 Å². The van der Waals surface area contributed by atoms with Crippen LogP contribution in [0, 0.1) is 5.82 Å². The smallest absolute Gasteiger partial charge is 0.177 e. The summed E-state index contributed by atoms with van der Waals surface area (Å²) >= 11 is 7.88. The van der Waals surface area contributed by atoms with Crippen molar-refractivity contribution >= 4 is 42.9 Å². The predicted molar refractivity (Wildman–Crippen MR) is 135 cm³/mol. The van der Waals surface area contributed by atoms with E-state index in [1.807, 2.05) is 30.3 Å². The molecule has 2 heterocycles. The first-order chi connectivity index (χ1) is 16.8. The summed E-state index contributed by atoms with van der Waals surface area (Å²) in [5.41, 5.74) is 1.32. The first-order valence-electron chi connectivity index (χ1n) is 10.6. The van der Waals surface area contributed by atoms with Crippen molar-refractivity contribution in [3.63, 3.8) is 0 Å². The van der Waals surface area contributed by atoms with Gasteiger partial charge in [0.2, 0.25) is 0 Å². The molecule has 0 saturated heterocycles. The molecule has 5 rings (SSSR count). The van der Waals surface area contributed by atoms with Gasteiger partial charge in [-0.25, -0.2) is 22.5 Å². The summed E-state index contributed by atoms with van der Waals surface area (Å²) in [4.78, 5) is 5.20. The van der Waals surface area contributed by atoms with Crippen LogP contribution in [0.15, 0.2) is 77.7 Å². The second-order valence-electron chi connectivity index (χ2n) is 7.84. The van der Waals surface area contributed by atoms with Gasteiger partial charge in [0.15, 0.2) is 21.5 Å². The summed E-state index contributed by atoms with van der Waals surface area (Å²) in [6.45, 7) is 0.451. The van der Waals surface area contributed by atoms with Crippen LogP contribution in [0.2, 0.25) is 5.02 Å². The largest absolute Gasteiger partial charge is 0.369 e. The fraction of sp³-hybridized carbons (Fsp3) is 0.120. The zero-order valence-corrected chi connectivity index (χ0v) is 20.9. The van der Waals surface area contributed by atoms with Gasteiger partial charge in [-0.2, -0.15) is 0 Å².